The van der Waals surface area contributed by atoms with E-state index in [0.717, 1.165) is 18.4 Å². The number of nitrogens with two attached hydrogens (primary N) is 1. The molecule has 1 aliphatic carbocycles. The van der Waals surface area contributed by atoms with Crippen molar-refractivity contribution in [1.82, 2.24) is 4.90 Å². The first kappa shape index (κ1) is 16.0. The molecule has 0 radical (unpaired) electrons. The Morgan fingerprint density at radius 1 is 1.29 bits per heavy atom. The lowest BCUT2D eigenvalue weighted by Crippen LogP contribution is -2.46. The normalized spacial score (nSPS) is 22.1. The molecule has 1 fully saturated rings. The third kappa shape index (κ3) is 3.85. The van der Waals surface area contributed by atoms with Gasteiger partial charge in [-0.2, -0.15) is 0 Å². The van der Waals surface area contributed by atoms with Gasteiger partial charge in [0, 0.05) is 13.1 Å². The molecule has 116 valence electrons. The summed E-state index contributed by atoms with van der Waals surface area (Å²) in [7, 11) is 1.95. The van der Waals surface area contributed by atoms with Gasteiger partial charge in [0.25, 0.3) is 0 Å². The summed E-state index contributed by atoms with van der Waals surface area (Å²) in [6, 6.07) is 6.64. The van der Waals surface area contributed by atoms with E-state index in [9.17, 15) is 4.79 Å². The van der Waals surface area contributed by atoms with Gasteiger partial charge in [0.15, 0.2) is 0 Å². The Morgan fingerprint density at radius 2 is 2.00 bits per heavy atom. The van der Waals surface area contributed by atoms with Crippen molar-refractivity contribution in [2.24, 2.45) is 11.7 Å². The highest BCUT2D eigenvalue weighted by Gasteiger charge is 2.29. The first-order valence-electron chi connectivity index (χ1n) is 8.04. The third-order valence-corrected chi connectivity index (χ3v) is 4.91. The van der Waals surface area contributed by atoms with Crippen molar-refractivity contribution < 1.29 is 4.79 Å². The monoisotopic (exact) mass is 288 g/mol. The summed E-state index contributed by atoms with van der Waals surface area (Å²) in [6.45, 7) is 4.83. The van der Waals surface area contributed by atoms with Crippen LogP contribution < -0.4 is 5.73 Å². The van der Waals surface area contributed by atoms with Gasteiger partial charge < -0.3 is 10.6 Å². The minimum Gasteiger partial charge on any atom is -0.342 e. The van der Waals surface area contributed by atoms with Gasteiger partial charge >= 0.3 is 0 Å². The standard InChI is InChI=1S/C18H28N2O/c1-13-8-9-14(2)16(10-13)11-18(21)20(3)17-7-5-4-6-15(17)12-19/h8-10,15,17H,4-7,11-12,19H2,1-3H3. The van der Waals surface area contributed by atoms with Crippen LogP contribution in [-0.4, -0.2) is 30.4 Å². The number of rotatable bonds is 4. The maximum Gasteiger partial charge on any atom is 0.227 e. The molecule has 1 aliphatic rings. The molecule has 1 amide bonds. The van der Waals surface area contributed by atoms with Crippen LogP contribution >= 0.6 is 0 Å². The molecule has 0 bridgehead atoms. The summed E-state index contributed by atoms with van der Waals surface area (Å²) in [5, 5.41) is 0. The number of amides is 1. The fourth-order valence-corrected chi connectivity index (χ4v) is 3.44. The molecule has 3 nitrogen and oxygen atoms in total. The summed E-state index contributed by atoms with van der Waals surface area (Å²) in [4.78, 5) is 14.6. The number of benzene rings is 1. The molecule has 2 N–H and O–H groups in total. The summed E-state index contributed by atoms with van der Waals surface area (Å²) >= 11 is 0. The average molecular weight is 288 g/mol. The van der Waals surface area contributed by atoms with E-state index in [-0.39, 0.29) is 5.91 Å². The van der Waals surface area contributed by atoms with Crippen LogP contribution in [0.25, 0.3) is 0 Å². The number of hydrogen-bond acceptors (Lipinski definition) is 2. The molecule has 0 saturated heterocycles. The van der Waals surface area contributed by atoms with Crippen molar-refractivity contribution in [1.29, 1.82) is 0 Å². The maximum atomic E-state index is 12.6. The largest absolute Gasteiger partial charge is 0.342 e. The van der Waals surface area contributed by atoms with E-state index in [0.29, 0.717) is 24.9 Å². The minimum absolute atomic E-state index is 0.217. The van der Waals surface area contributed by atoms with E-state index in [1.807, 2.05) is 11.9 Å². The Morgan fingerprint density at radius 3 is 2.71 bits per heavy atom. The van der Waals surface area contributed by atoms with E-state index >= 15 is 0 Å². The van der Waals surface area contributed by atoms with Crippen LogP contribution in [0.2, 0.25) is 0 Å². The molecule has 0 aromatic heterocycles. The SMILES string of the molecule is Cc1ccc(C)c(CC(=O)N(C)C2CCCCC2CN)c1. The third-order valence-electron chi connectivity index (χ3n) is 4.91. The fraction of sp³-hybridized carbons (Fsp3) is 0.611. The van der Waals surface area contributed by atoms with Crippen molar-refractivity contribution >= 4 is 5.91 Å². The summed E-state index contributed by atoms with van der Waals surface area (Å²) in [5.41, 5.74) is 9.44. The van der Waals surface area contributed by atoms with E-state index in [2.05, 4.69) is 32.0 Å². The molecule has 3 heteroatoms. The minimum atomic E-state index is 0.217. The molecule has 1 aromatic carbocycles. The van der Waals surface area contributed by atoms with Gasteiger partial charge in [-0.1, -0.05) is 36.6 Å². The molecule has 21 heavy (non-hydrogen) atoms. The van der Waals surface area contributed by atoms with Crippen LogP contribution in [-0.2, 0) is 11.2 Å². The van der Waals surface area contributed by atoms with Crippen molar-refractivity contribution in [3.63, 3.8) is 0 Å². The van der Waals surface area contributed by atoms with Crippen LogP contribution in [0.15, 0.2) is 18.2 Å². The number of carbonyl (C=O) groups excluding carboxylic acids is 1. The average Bonchev–Trinajstić information content (AvgIpc) is 2.50. The number of hydrogen-bond donors (Lipinski definition) is 1. The highest BCUT2D eigenvalue weighted by atomic mass is 16.2. The predicted molar refractivity (Wildman–Crippen MR) is 87.2 cm³/mol. The fourth-order valence-electron chi connectivity index (χ4n) is 3.44. The molecule has 2 unspecified atom stereocenters. The Bertz CT molecular complexity index is 498. The number of likely N-dealkylation sites (N-methyl/N-ethyl adjacent to an activating group) is 1. The van der Waals surface area contributed by atoms with E-state index in [1.54, 1.807) is 0 Å². The first-order chi connectivity index (χ1) is 10.0. The van der Waals surface area contributed by atoms with Gasteiger partial charge in [-0.3, -0.25) is 4.79 Å². The Labute approximate surface area is 128 Å². The second-order valence-corrected chi connectivity index (χ2v) is 6.46. The zero-order chi connectivity index (χ0) is 15.4. The van der Waals surface area contributed by atoms with Gasteiger partial charge in [0.2, 0.25) is 5.91 Å². The van der Waals surface area contributed by atoms with Crippen LogP contribution in [0.3, 0.4) is 0 Å². The second kappa shape index (κ2) is 7.08. The van der Waals surface area contributed by atoms with E-state index in [1.165, 1.54) is 24.0 Å². The summed E-state index contributed by atoms with van der Waals surface area (Å²) in [5.74, 6) is 0.681. The van der Waals surface area contributed by atoms with Crippen LogP contribution in [0.5, 0.6) is 0 Å². The summed E-state index contributed by atoms with van der Waals surface area (Å²) in [6.07, 6.45) is 5.20. The lowest BCUT2D eigenvalue weighted by molar-refractivity contribution is -0.132. The van der Waals surface area contributed by atoms with Crippen molar-refractivity contribution in [3.05, 3.63) is 34.9 Å². The number of nitrogens with zero attached hydrogens (tertiary/aromatic N) is 1. The highest BCUT2D eigenvalue weighted by molar-refractivity contribution is 5.79. The van der Waals surface area contributed by atoms with E-state index < -0.39 is 0 Å². The maximum absolute atomic E-state index is 12.6. The smallest absolute Gasteiger partial charge is 0.227 e. The van der Waals surface area contributed by atoms with Crippen LogP contribution in [0, 0.1) is 19.8 Å². The van der Waals surface area contributed by atoms with Crippen molar-refractivity contribution in [3.8, 4) is 0 Å². The van der Waals surface area contributed by atoms with Crippen molar-refractivity contribution in [2.45, 2.75) is 52.0 Å². The van der Waals surface area contributed by atoms with Crippen LogP contribution in [0.1, 0.15) is 42.4 Å². The zero-order valence-corrected chi connectivity index (χ0v) is 13.6. The molecular weight excluding hydrogens is 260 g/mol. The molecule has 0 aliphatic heterocycles. The second-order valence-electron chi connectivity index (χ2n) is 6.46. The molecule has 1 aromatic rings. The first-order valence-corrected chi connectivity index (χ1v) is 8.04. The molecule has 0 heterocycles. The summed E-state index contributed by atoms with van der Waals surface area (Å²) < 4.78 is 0. The van der Waals surface area contributed by atoms with Gasteiger partial charge in [0.1, 0.15) is 0 Å². The predicted octanol–water partition coefficient (Wildman–Crippen LogP) is 2.82. The van der Waals surface area contributed by atoms with E-state index in [4.69, 9.17) is 5.73 Å². The quantitative estimate of drug-likeness (QED) is 0.926. The van der Waals surface area contributed by atoms with Gasteiger partial charge in [-0.05, 0) is 50.3 Å². The lowest BCUT2D eigenvalue weighted by atomic mass is 9.83. The molecular formula is C18H28N2O. The number of carbonyl (C=O) groups is 1. The Hall–Kier alpha value is -1.35. The van der Waals surface area contributed by atoms with Gasteiger partial charge in [-0.25, -0.2) is 0 Å². The van der Waals surface area contributed by atoms with Crippen molar-refractivity contribution in [2.75, 3.05) is 13.6 Å². The molecule has 1 saturated carbocycles. The highest BCUT2D eigenvalue weighted by Crippen LogP contribution is 2.27. The molecule has 0 spiro atoms. The van der Waals surface area contributed by atoms with Gasteiger partial charge in [-0.15, -0.1) is 0 Å². The Balaban J connectivity index is 2.06. The molecule has 2 atom stereocenters. The lowest BCUT2D eigenvalue weighted by Gasteiger charge is -2.37. The molecule has 2 rings (SSSR count). The zero-order valence-electron chi connectivity index (χ0n) is 13.6. The van der Waals surface area contributed by atoms with Crippen LogP contribution in [0.4, 0.5) is 0 Å². The van der Waals surface area contributed by atoms with Gasteiger partial charge in [0.05, 0.1) is 6.42 Å². The Kier molecular flexibility index (Phi) is 5.40. The number of aryl methyl sites for hydroxylation is 2. The topological polar surface area (TPSA) is 46.3 Å².